The Kier molecular flexibility index (Phi) is 6.96. The van der Waals surface area contributed by atoms with Gasteiger partial charge >= 0.3 is 0 Å². The van der Waals surface area contributed by atoms with Crippen molar-refractivity contribution in [1.29, 1.82) is 0 Å². The monoisotopic (exact) mass is 465 g/mol. The van der Waals surface area contributed by atoms with Gasteiger partial charge in [0.15, 0.2) is 0 Å². The number of ether oxygens (including phenoxy) is 1. The van der Waals surface area contributed by atoms with Gasteiger partial charge in [0.25, 0.3) is 0 Å². The molecular weight excluding hydrogens is 438 g/mol. The van der Waals surface area contributed by atoms with E-state index in [1.807, 2.05) is 84.9 Å². The fraction of sp³-hybridized carbons (Fsp3) is 0.179. The lowest BCUT2D eigenvalue weighted by molar-refractivity contribution is -0.118. The van der Waals surface area contributed by atoms with Crippen LogP contribution in [0.15, 0.2) is 91.3 Å². The molecule has 1 aliphatic heterocycles. The van der Waals surface area contributed by atoms with Crippen LogP contribution >= 0.6 is 0 Å². The van der Waals surface area contributed by atoms with Crippen molar-refractivity contribution < 1.29 is 9.53 Å². The first-order chi connectivity index (χ1) is 17.2. The Morgan fingerprint density at radius 3 is 2.46 bits per heavy atom. The van der Waals surface area contributed by atoms with Gasteiger partial charge in [-0.15, -0.1) is 0 Å². The van der Waals surface area contributed by atoms with E-state index < -0.39 is 0 Å². The lowest BCUT2D eigenvalue weighted by Crippen LogP contribution is -2.43. The van der Waals surface area contributed by atoms with Crippen LogP contribution < -0.4 is 20.7 Å². The van der Waals surface area contributed by atoms with Gasteiger partial charge in [-0.3, -0.25) is 4.79 Å². The second kappa shape index (κ2) is 10.8. The zero-order valence-corrected chi connectivity index (χ0v) is 19.3. The van der Waals surface area contributed by atoms with Gasteiger partial charge in [-0.1, -0.05) is 30.7 Å². The molecule has 1 amide bonds. The highest BCUT2D eigenvalue weighted by Gasteiger charge is 2.20. The first-order valence-electron chi connectivity index (χ1n) is 11.8. The summed E-state index contributed by atoms with van der Waals surface area (Å²) in [6.45, 7) is 0.887. The predicted octanol–water partition coefficient (Wildman–Crippen LogP) is 5.76. The Morgan fingerprint density at radius 2 is 1.66 bits per heavy atom. The number of amides is 1. The average molecular weight is 466 g/mol. The summed E-state index contributed by atoms with van der Waals surface area (Å²) >= 11 is 0. The quantitative estimate of drug-likeness (QED) is 0.322. The Balaban J connectivity index is 1.25. The third-order valence-corrected chi connectivity index (χ3v) is 5.83. The van der Waals surface area contributed by atoms with Crippen molar-refractivity contribution in [1.82, 2.24) is 15.3 Å². The van der Waals surface area contributed by atoms with Crippen LogP contribution in [0.3, 0.4) is 0 Å². The molecule has 0 bridgehead atoms. The Labute approximate surface area is 204 Å². The molecule has 35 heavy (non-hydrogen) atoms. The number of aromatic nitrogens is 2. The van der Waals surface area contributed by atoms with E-state index in [4.69, 9.17) is 4.74 Å². The van der Waals surface area contributed by atoms with Crippen molar-refractivity contribution in [3.05, 3.63) is 91.3 Å². The zero-order valence-electron chi connectivity index (χ0n) is 19.3. The summed E-state index contributed by atoms with van der Waals surface area (Å²) in [5.74, 6) is 2.22. The fourth-order valence-corrected chi connectivity index (χ4v) is 4.03. The highest BCUT2D eigenvalue weighted by atomic mass is 16.5. The molecule has 0 aliphatic carbocycles. The molecule has 3 aromatic carbocycles. The van der Waals surface area contributed by atoms with E-state index in [2.05, 4.69) is 25.9 Å². The van der Waals surface area contributed by atoms with E-state index in [1.54, 1.807) is 0 Å². The van der Waals surface area contributed by atoms with Crippen LogP contribution in [-0.4, -0.2) is 28.5 Å². The molecule has 1 fully saturated rings. The van der Waals surface area contributed by atoms with E-state index in [9.17, 15) is 4.79 Å². The number of rotatable bonds is 7. The molecule has 1 saturated heterocycles. The smallest absolute Gasteiger partial charge is 0.241 e. The van der Waals surface area contributed by atoms with Crippen molar-refractivity contribution in [3.63, 3.8) is 0 Å². The summed E-state index contributed by atoms with van der Waals surface area (Å²) in [7, 11) is 0. The second-order valence-electron chi connectivity index (χ2n) is 8.43. The topological polar surface area (TPSA) is 88.2 Å². The molecule has 1 aromatic heterocycles. The summed E-state index contributed by atoms with van der Waals surface area (Å²) in [6.07, 6.45) is 4.60. The minimum absolute atomic E-state index is 0.00543. The highest BCUT2D eigenvalue weighted by molar-refractivity contribution is 5.95. The number of carbonyl (C=O) groups excluding carboxylic acids is 1. The minimum Gasteiger partial charge on any atom is -0.457 e. The molecule has 4 aromatic rings. The van der Waals surface area contributed by atoms with Crippen LogP contribution in [0.5, 0.6) is 11.5 Å². The highest BCUT2D eigenvalue weighted by Crippen LogP contribution is 2.26. The van der Waals surface area contributed by atoms with Gasteiger partial charge < -0.3 is 20.7 Å². The summed E-state index contributed by atoms with van der Waals surface area (Å²) in [5.41, 5.74) is 3.32. The Bertz CT molecular complexity index is 1270. The number of piperidine rings is 1. The first-order valence-corrected chi connectivity index (χ1v) is 11.8. The molecule has 0 saturated carbocycles. The maximum Gasteiger partial charge on any atom is 0.241 e. The van der Waals surface area contributed by atoms with Gasteiger partial charge in [0.1, 0.15) is 23.6 Å². The standard InChI is InChI=1S/C28H27N5O2/c34-28(25-11-4-5-16-29-25)33-22-8-6-7-21(17-22)32-27-18-26(30-19-31-27)20-12-14-24(15-13-20)35-23-9-2-1-3-10-23/h1-3,6-10,12-15,17-19,25,29H,4-5,11,16H2,(H,33,34)(H,30,31,32)/t25-/m0/s1. The van der Waals surface area contributed by atoms with Gasteiger partial charge in [0, 0.05) is 23.0 Å². The predicted molar refractivity (Wildman–Crippen MR) is 138 cm³/mol. The first kappa shape index (κ1) is 22.6. The van der Waals surface area contributed by atoms with Gasteiger partial charge in [-0.05, 0) is 74.0 Å². The summed E-state index contributed by atoms with van der Waals surface area (Å²) in [6, 6.07) is 26.9. The number of para-hydroxylation sites is 1. The molecule has 1 atom stereocenters. The summed E-state index contributed by atoms with van der Waals surface area (Å²) < 4.78 is 5.87. The van der Waals surface area contributed by atoms with E-state index >= 15 is 0 Å². The van der Waals surface area contributed by atoms with Crippen LogP contribution in [0.2, 0.25) is 0 Å². The molecule has 7 heteroatoms. The van der Waals surface area contributed by atoms with Crippen molar-refractivity contribution in [2.75, 3.05) is 17.2 Å². The zero-order chi connectivity index (χ0) is 23.9. The van der Waals surface area contributed by atoms with E-state index in [0.29, 0.717) is 5.82 Å². The second-order valence-corrected chi connectivity index (χ2v) is 8.43. The van der Waals surface area contributed by atoms with E-state index in [0.717, 1.165) is 59.9 Å². The van der Waals surface area contributed by atoms with Crippen LogP contribution in [0.4, 0.5) is 17.2 Å². The number of anilines is 3. The molecule has 3 N–H and O–H groups in total. The van der Waals surface area contributed by atoms with Gasteiger partial charge in [-0.25, -0.2) is 9.97 Å². The molecular formula is C28H27N5O2. The lowest BCUT2D eigenvalue weighted by Gasteiger charge is -2.22. The third-order valence-electron chi connectivity index (χ3n) is 5.83. The molecule has 5 rings (SSSR count). The van der Waals surface area contributed by atoms with E-state index in [1.165, 1.54) is 6.33 Å². The number of benzene rings is 3. The van der Waals surface area contributed by atoms with Gasteiger partial charge in [0.2, 0.25) is 5.91 Å². The van der Waals surface area contributed by atoms with Gasteiger partial charge in [-0.2, -0.15) is 0 Å². The minimum atomic E-state index is -0.130. The van der Waals surface area contributed by atoms with E-state index in [-0.39, 0.29) is 11.9 Å². The summed E-state index contributed by atoms with van der Waals surface area (Å²) in [4.78, 5) is 21.3. The molecule has 176 valence electrons. The third kappa shape index (κ3) is 6.02. The molecule has 0 unspecified atom stereocenters. The summed E-state index contributed by atoms with van der Waals surface area (Å²) in [5, 5.41) is 9.60. The number of nitrogens with zero attached hydrogens (tertiary/aromatic N) is 2. The molecule has 1 aliphatic rings. The molecule has 0 radical (unpaired) electrons. The average Bonchev–Trinajstić information content (AvgIpc) is 2.91. The Hall–Kier alpha value is -4.23. The van der Waals surface area contributed by atoms with Crippen LogP contribution in [-0.2, 0) is 4.79 Å². The molecule has 0 spiro atoms. The normalized spacial score (nSPS) is 15.3. The van der Waals surface area contributed by atoms with Crippen LogP contribution in [0.1, 0.15) is 19.3 Å². The number of hydrogen-bond acceptors (Lipinski definition) is 6. The van der Waals surface area contributed by atoms with Crippen molar-refractivity contribution in [2.45, 2.75) is 25.3 Å². The maximum absolute atomic E-state index is 12.5. The SMILES string of the molecule is O=C(Nc1cccc(Nc2cc(-c3ccc(Oc4ccccc4)cc3)ncn2)c1)[C@@H]1CCCCN1. The van der Waals surface area contributed by atoms with Crippen molar-refractivity contribution in [3.8, 4) is 22.8 Å². The van der Waals surface area contributed by atoms with Crippen LogP contribution in [0.25, 0.3) is 11.3 Å². The number of nitrogens with one attached hydrogen (secondary N) is 3. The van der Waals surface area contributed by atoms with Crippen LogP contribution in [0, 0.1) is 0 Å². The Morgan fingerprint density at radius 1 is 0.857 bits per heavy atom. The number of hydrogen-bond donors (Lipinski definition) is 3. The molecule has 7 nitrogen and oxygen atoms in total. The maximum atomic E-state index is 12.5. The number of carbonyl (C=O) groups is 1. The van der Waals surface area contributed by atoms with Gasteiger partial charge in [0.05, 0.1) is 11.7 Å². The lowest BCUT2D eigenvalue weighted by atomic mass is 10.0. The van der Waals surface area contributed by atoms with Crippen molar-refractivity contribution >= 4 is 23.1 Å². The van der Waals surface area contributed by atoms with Crippen molar-refractivity contribution in [2.24, 2.45) is 0 Å². The molecule has 2 heterocycles. The largest absolute Gasteiger partial charge is 0.457 e. The fourth-order valence-electron chi connectivity index (χ4n) is 4.03.